The average Bonchev–Trinajstić information content (AvgIpc) is 3.35. The van der Waals surface area contributed by atoms with Gasteiger partial charge in [0.15, 0.2) is 0 Å². The molecule has 190 valence electrons. The highest BCUT2D eigenvalue weighted by atomic mass is 19.1. The number of amides is 3. The second-order valence-electron chi connectivity index (χ2n) is 10.2. The molecule has 2 aliphatic heterocycles. The Morgan fingerprint density at radius 2 is 1.80 bits per heavy atom. The third kappa shape index (κ3) is 5.46. The number of carbonyl (C=O) groups is 2. The molecule has 3 fully saturated rings. The molecule has 3 N–H and O–H groups in total. The topological polar surface area (TPSA) is 89.7 Å². The normalized spacial score (nSPS) is 24.5. The summed E-state index contributed by atoms with van der Waals surface area (Å²) in [5.41, 5.74) is 1.99. The fourth-order valence-corrected chi connectivity index (χ4v) is 5.74. The molecule has 3 heterocycles. The van der Waals surface area contributed by atoms with Crippen LogP contribution >= 0.6 is 0 Å². The molecule has 1 saturated carbocycles. The van der Waals surface area contributed by atoms with E-state index in [-0.39, 0.29) is 29.8 Å². The van der Waals surface area contributed by atoms with Crippen LogP contribution in [0.2, 0.25) is 0 Å². The van der Waals surface area contributed by atoms with Gasteiger partial charge in [0.2, 0.25) is 0 Å². The van der Waals surface area contributed by atoms with Gasteiger partial charge in [-0.3, -0.25) is 9.69 Å². The summed E-state index contributed by atoms with van der Waals surface area (Å²) >= 11 is 0. The zero-order valence-corrected chi connectivity index (χ0v) is 20.4. The smallest absolute Gasteiger partial charge is 0.317 e. The van der Waals surface area contributed by atoms with Crippen molar-refractivity contribution in [2.75, 3.05) is 39.4 Å². The monoisotopic (exact) mass is 485 g/mol. The Balaban J connectivity index is 1.12. The molecule has 2 atom stereocenters. The van der Waals surface area contributed by atoms with Crippen molar-refractivity contribution in [1.29, 1.82) is 0 Å². The van der Waals surface area contributed by atoms with Gasteiger partial charge in [0.25, 0.3) is 5.91 Å². The van der Waals surface area contributed by atoms with Gasteiger partial charge < -0.3 is 25.3 Å². The molecule has 2 saturated heterocycles. The molecule has 3 aliphatic rings. The molecule has 1 aromatic carbocycles. The van der Waals surface area contributed by atoms with E-state index in [1.807, 2.05) is 11.8 Å². The average molecular weight is 486 g/mol. The number of benzene rings is 1. The zero-order chi connectivity index (χ0) is 24.4. The van der Waals surface area contributed by atoms with Crippen molar-refractivity contribution in [2.45, 2.75) is 63.6 Å². The SMILES string of the molecule is Cc1ccc(F)c2cc(C(=O)N[C@@H]3CCC[C@H](N4CCN(C(=O)NC5CCOCC5)CC4)C3)[nH]c12. The van der Waals surface area contributed by atoms with Gasteiger partial charge in [-0.05, 0) is 63.1 Å². The summed E-state index contributed by atoms with van der Waals surface area (Å²) in [4.78, 5) is 33.1. The molecule has 0 bridgehead atoms. The number of aromatic nitrogens is 1. The molecule has 1 aliphatic carbocycles. The van der Waals surface area contributed by atoms with E-state index in [0.29, 0.717) is 22.6 Å². The van der Waals surface area contributed by atoms with Crippen LogP contribution in [0.5, 0.6) is 0 Å². The lowest BCUT2D eigenvalue weighted by Crippen LogP contribution is -2.57. The minimum absolute atomic E-state index is 0.0374. The fraction of sp³-hybridized carbons (Fsp3) is 0.615. The lowest BCUT2D eigenvalue weighted by molar-refractivity contribution is 0.0670. The van der Waals surface area contributed by atoms with Gasteiger partial charge >= 0.3 is 6.03 Å². The zero-order valence-electron chi connectivity index (χ0n) is 20.4. The molecule has 0 spiro atoms. The molecule has 3 amide bonds. The van der Waals surface area contributed by atoms with Gasteiger partial charge in [0.05, 0.1) is 5.52 Å². The first-order valence-corrected chi connectivity index (χ1v) is 12.9. The van der Waals surface area contributed by atoms with E-state index >= 15 is 0 Å². The third-order valence-electron chi connectivity index (χ3n) is 7.84. The largest absolute Gasteiger partial charge is 0.381 e. The number of nitrogens with zero attached hydrogens (tertiary/aromatic N) is 2. The van der Waals surface area contributed by atoms with Crippen molar-refractivity contribution < 1.29 is 18.7 Å². The maximum atomic E-state index is 14.2. The highest BCUT2D eigenvalue weighted by molar-refractivity contribution is 5.99. The number of rotatable bonds is 4. The number of nitrogens with one attached hydrogen (secondary N) is 3. The summed E-state index contributed by atoms with van der Waals surface area (Å²) in [7, 11) is 0. The van der Waals surface area contributed by atoms with Gasteiger partial charge in [-0.1, -0.05) is 6.07 Å². The molecule has 0 unspecified atom stereocenters. The number of urea groups is 1. The number of H-pyrrole nitrogens is 1. The van der Waals surface area contributed by atoms with Gasteiger partial charge in [-0.25, -0.2) is 9.18 Å². The Morgan fingerprint density at radius 1 is 1.03 bits per heavy atom. The Hall–Kier alpha value is -2.65. The summed E-state index contributed by atoms with van der Waals surface area (Å²) in [6.07, 6.45) is 5.77. The van der Waals surface area contributed by atoms with Gasteiger partial charge in [0, 0.05) is 62.9 Å². The molecule has 35 heavy (non-hydrogen) atoms. The number of ether oxygens (including phenoxy) is 1. The van der Waals surface area contributed by atoms with E-state index in [0.717, 1.165) is 83.5 Å². The molecular weight excluding hydrogens is 449 g/mol. The van der Waals surface area contributed by atoms with Gasteiger partial charge in [-0.2, -0.15) is 0 Å². The van der Waals surface area contributed by atoms with Crippen LogP contribution in [-0.2, 0) is 4.74 Å². The molecule has 1 aromatic heterocycles. The van der Waals surface area contributed by atoms with Crippen molar-refractivity contribution in [3.05, 3.63) is 35.3 Å². The molecular formula is C26H36FN5O3. The number of aromatic amines is 1. The van der Waals surface area contributed by atoms with Crippen molar-refractivity contribution in [3.8, 4) is 0 Å². The third-order valence-corrected chi connectivity index (χ3v) is 7.84. The van der Waals surface area contributed by atoms with E-state index in [9.17, 15) is 14.0 Å². The Kier molecular flexibility index (Phi) is 7.24. The van der Waals surface area contributed by atoms with Crippen LogP contribution in [0.15, 0.2) is 18.2 Å². The van der Waals surface area contributed by atoms with E-state index in [1.165, 1.54) is 6.07 Å². The maximum absolute atomic E-state index is 14.2. The molecule has 8 nitrogen and oxygen atoms in total. The summed E-state index contributed by atoms with van der Waals surface area (Å²) < 4.78 is 19.5. The van der Waals surface area contributed by atoms with Gasteiger partial charge in [0.1, 0.15) is 11.5 Å². The second kappa shape index (κ2) is 10.5. The van der Waals surface area contributed by atoms with E-state index < -0.39 is 0 Å². The summed E-state index contributed by atoms with van der Waals surface area (Å²) in [6.45, 7) is 6.50. The Morgan fingerprint density at radius 3 is 2.54 bits per heavy atom. The van der Waals surface area contributed by atoms with Crippen LogP contribution in [0.4, 0.5) is 9.18 Å². The predicted molar refractivity (Wildman–Crippen MR) is 132 cm³/mol. The number of aryl methyl sites for hydroxylation is 1. The second-order valence-corrected chi connectivity index (χ2v) is 10.2. The standard InChI is InChI=1S/C26H36FN5O3/c1-17-5-6-22(27)21-16-23(30-24(17)21)25(33)28-19-3-2-4-20(15-19)31-9-11-32(12-10-31)26(34)29-18-7-13-35-14-8-18/h5-6,16,18-20,30H,2-4,7-15H2,1H3,(H,28,33)(H,29,34)/t19-,20+/m1/s1. The Labute approximate surface area is 205 Å². The van der Waals surface area contributed by atoms with Crippen LogP contribution in [0.25, 0.3) is 10.9 Å². The lowest BCUT2D eigenvalue weighted by Gasteiger charge is -2.42. The number of piperazine rings is 1. The Bertz CT molecular complexity index is 1020. The van der Waals surface area contributed by atoms with E-state index in [2.05, 4.69) is 20.5 Å². The number of carbonyl (C=O) groups excluding carboxylic acids is 2. The predicted octanol–water partition coefficient (Wildman–Crippen LogP) is 3.16. The van der Waals surface area contributed by atoms with Crippen molar-refractivity contribution >= 4 is 22.8 Å². The van der Waals surface area contributed by atoms with Crippen molar-refractivity contribution in [2.24, 2.45) is 0 Å². The van der Waals surface area contributed by atoms with E-state index in [4.69, 9.17) is 4.74 Å². The first-order valence-electron chi connectivity index (χ1n) is 12.9. The summed E-state index contributed by atoms with van der Waals surface area (Å²) in [5, 5.41) is 6.78. The minimum atomic E-state index is -0.320. The summed E-state index contributed by atoms with van der Waals surface area (Å²) in [6, 6.07) is 5.51. The molecule has 5 rings (SSSR count). The van der Waals surface area contributed by atoms with Crippen LogP contribution in [0.1, 0.15) is 54.6 Å². The van der Waals surface area contributed by atoms with Crippen molar-refractivity contribution in [1.82, 2.24) is 25.4 Å². The number of hydrogen-bond donors (Lipinski definition) is 3. The number of hydrogen-bond acceptors (Lipinski definition) is 4. The number of halogens is 1. The first-order chi connectivity index (χ1) is 17.0. The minimum Gasteiger partial charge on any atom is -0.381 e. The molecule has 0 radical (unpaired) electrons. The lowest BCUT2D eigenvalue weighted by atomic mass is 9.89. The fourth-order valence-electron chi connectivity index (χ4n) is 5.74. The van der Waals surface area contributed by atoms with Crippen LogP contribution in [-0.4, -0.2) is 84.2 Å². The van der Waals surface area contributed by atoms with Crippen LogP contribution in [0, 0.1) is 12.7 Å². The van der Waals surface area contributed by atoms with Crippen LogP contribution < -0.4 is 10.6 Å². The molecule has 9 heteroatoms. The highest BCUT2D eigenvalue weighted by Gasteiger charge is 2.31. The first kappa shape index (κ1) is 24.1. The summed E-state index contributed by atoms with van der Waals surface area (Å²) in [5.74, 6) is -0.500. The van der Waals surface area contributed by atoms with E-state index in [1.54, 1.807) is 12.1 Å². The highest BCUT2D eigenvalue weighted by Crippen LogP contribution is 2.26. The molecule has 2 aromatic rings. The quantitative estimate of drug-likeness (QED) is 0.621. The van der Waals surface area contributed by atoms with Crippen molar-refractivity contribution in [3.63, 3.8) is 0 Å². The number of fused-ring (bicyclic) bond motifs is 1. The van der Waals surface area contributed by atoms with Gasteiger partial charge in [-0.15, -0.1) is 0 Å². The van der Waals surface area contributed by atoms with Crippen LogP contribution in [0.3, 0.4) is 0 Å². The maximum Gasteiger partial charge on any atom is 0.317 e.